The predicted octanol–water partition coefficient (Wildman–Crippen LogP) is 3.81. The van der Waals surface area contributed by atoms with Gasteiger partial charge in [-0.2, -0.15) is 0 Å². The molecule has 3 heterocycles. The third-order valence-corrected chi connectivity index (χ3v) is 6.04. The van der Waals surface area contributed by atoms with Crippen molar-refractivity contribution in [3.63, 3.8) is 0 Å². The Kier molecular flexibility index (Phi) is 5.26. The number of aryl methyl sites for hydroxylation is 1. The molecule has 148 valence electrons. The molecule has 0 saturated carbocycles. The molecular weight excluding hydrogens is 354 g/mol. The van der Waals surface area contributed by atoms with Crippen LogP contribution in [0.5, 0.6) is 0 Å². The van der Waals surface area contributed by atoms with E-state index in [0.29, 0.717) is 17.9 Å². The first-order chi connectivity index (χ1) is 13.5. The van der Waals surface area contributed by atoms with E-state index in [1.165, 1.54) is 44.4 Å². The molecule has 0 amide bonds. The van der Waals surface area contributed by atoms with Gasteiger partial charge in [-0.05, 0) is 58.2 Å². The van der Waals surface area contributed by atoms with Gasteiger partial charge < -0.3 is 4.90 Å². The maximum absolute atomic E-state index is 10.9. The SMILES string of the molecule is Cc1cc(N2CCC(N3CCCC3C)CC2)nc(-c2ccc([N+](=O)[O-])cc2)n1. The lowest BCUT2D eigenvalue weighted by Gasteiger charge is -2.39. The van der Waals surface area contributed by atoms with Crippen LogP contribution in [0.25, 0.3) is 11.4 Å². The molecule has 2 aliphatic heterocycles. The summed E-state index contributed by atoms with van der Waals surface area (Å²) in [7, 11) is 0. The second kappa shape index (κ2) is 7.83. The number of anilines is 1. The van der Waals surface area contributed by atoms with Crippen molar-refractivity contribution in [2.75, 3.05) is 24.5 Å². The van der Waals surface area contributed by atoms with E-state index < -0.39 is 4.92 Å². The Balaban J connectivity index is 1.49. The van der Waals surface area contributed by atoms with Crippen LogP contribution < -0.4 is 4.90 Å². The van der Waals surface area contributed by atoms with Crippen LogP contribution >= 0.6 is 0 Å². The third-order valence-electron chi connectivity index (χ3n) is 6.04. The van der Waals surface area contributed by atoms with Gasteiger partial charge in [0, 0.05) is 54.6 Å². The highest BCUT2D eigenvalue weighted by Gasteiger charge is 2.30. The van der Waals surface area contributed by atoms with Crippen LogP contribution in [-0.4, -0.2) is 51.5 Å². The molecule has 1 aromatic carbocycles. The number of piperidine rings is 1. The molecule has 0 bridgehead atoms. The molecular formula is C21H27N5O2. The second-order valence-corrected chi connectivity index (χ2v) is 7.94. The molecule has 2 aromatic rings. The maximum Gasteiger partial charge on any atom is 0.269 e. The molecule has 1 unspecified atom stereocenters. The smallest absolute Gasteiger partial charge is 0.269 e. The molecule has 7 nitrogen and oxygen atoms in total. The van der Waals surface area contributed by atoms with Gasteiger partial charge in [0.25, 0.3) is 5.69 Å². The highest BCUT2D eigenvalue weighted by atomic mass is 16.6. The Labute approximate surface area is 165 Å². The van der Waals surface area contributed by atoms with Crippen molar-refractivity contribution in [2.45, 2.75) is 51.6 Å². The third kappa shape index (κ3) is 3.85. The van der Waals surface area contributed by atoms with Crippen molar-refractivity contribution in [3.8, 4) is 11.4 Å². The van der Waals surface area contributed by atoms with Gasteiger partial charge >= 0.3 is 0 Å². The van der Waals surface area contributed by atoms with Crippen LogP contribution in [0.1, 0.15) is 38.3 Å². The van der Waals surface area contributed by atoms with Crippen molar-refractivity contribution in [1.82, 2.24) is 14.9 Å². The van der Waals surface area contributed by atoms with Gasteiger partial charge in [0.2, 0.25) is 0 Å². The van der Waals surface area contributed by atoms with E-state index in [2.05, 4.69) is 21.7 Å². The summed E-state index contributed by atoms with van der Waals surface area (Å²) in [5, 5.41) is 10.9. The molecule has 2 aliphatic rings. The fourth-order valence-electron chi connectivity index (χ4n) is 4.50. The highest BCUT2D eigenvalue weighted by molar-refractivity contribution is 5.60. The van der Waals surface area contributed by atoms with Crippen LogP contribution in [0.3, 0.4) is 0 Å². The first-order valence-electron chi connectivity index (χ1n) is 10.1. The zero-order chi connectivity index (χ0) is 19.7. The first kappa shape index (κ1) is 18.8. The second-order valence-electron chi connectivity index (χ2n) is 7.94. The normalized spacial score (nSPS) is 21.2. The summed E-state index contributed by atoms with van der Waals surface area (Å²) in [5.74, 6) is 1.58. The number of hydrogen-bond acceptors (Lipinski definition) is 6. The quantitative estimate of drug-likeness (QED) is 0.592. The Morgan fingerprint density at radius 2 is 1.79 bits per heavy atom. The van der Waals surface area contributed by atoms with E-state index in [-0.39, 0.29) is 5.69 Å². The first-order valence-corrected chi connectivity index (χ1v) is 10.1. The number of nitro benzene ring substituents is 1. The number of rotatable bonds is 4. The molecule has 2 saturated heterocycles. The van der Waals surface area contributed by atoms with Crippen LogP contribution in [0.4, 0.5) is 11.5 Å². The largest absolute Gasteiger partial charge is 0.356 e. The fraction of sp³-hybridized carbons (Fsp3) is 0.524. The molecule has 1 atom stereocenters. The Morgan fingerprint density at radius 3 is 2.39 bits per heavy atom. The van der Waals surface area contributed by atoms with Gasteiger partial charge in [-0.1, -0.05) is 0 Å². The monoisotopic (exact) mass is 381 g/mol. The van der Waals surface area contributed by atoms with Crippen molar-refractivity contribution in [3.05, 3.63) is 46.1 Å². The molecule has 0 spiro atoms. The number of aromatic nitrogens is 2. The summed E-state index contributed by atoms with van der Waals surface area (Å²) in [5.41, 5.74) is 1.79. The average molecular weight is 381 g/mol. The molecule has 7 heteroatoms. The van der Waals surface area contributed by atoms with Gasteiger partial charge in [-0.3, -0.25) is 15.0 Å². The zero-order valence-electron chi connectivity index (χ0n) is 16.5. The minimum atomic E-state index is -0.391. The lowest BCUT2D eigenvalue weighted by molar-refractivity contribution is -0.384. The Morgan fingerprint density at radius 1 is 1.07 bits per heavy atom. The lowest BCUT2D eigenvalue weighted by atomic mass is 10.0. The van der Waals surface area contributed by atoms with E-state index in [0.717, 1.165) is 30.2 Å². The number of hydrogen-bond donors (Lipinski definition) is 0. The van der Waals surface area contributed by atoms with Gasteiger partial charge in [-0.25, -0.2) is 9.97 Å². The van der Waals surface area contributed by atoms with Crippen LogP contribution in [0.15, 0.2) is 30.3 Å². The summed E-state index contributed by atoms with van der Waals surface area (Å²) >= 11 is 0. The van der Waals surface area contributed by atoms with E-state index in [9.17, 15) is 10.1 Å². The van der Waals surface area contributed by atoms with Crippen molar-refractivity contribution >= 4 is 11.5 Å². The predicted molar refractivity (Wildman–Crippen MR) is 109 cm³/mol. The molecule has 28 heavy (non-hydrogen) atoms. The maximum atomic E-state index is 10.9. The minimum absolute atomic E-state index is 0.0786. The number of benzene rings is 1. The molecule has 0 aliphatic carbocycles. The van der Waals surface area contributed by atoms with Crippen molar-refractivity contribution in [1.29, 1.82) is 0 Å². The highest BCUT2D eigenvalue weighted by Crippen LogP contribution is 2.28. The molecule has 2 fully saturated rings. The van der Waals surface area contributed by atoms with E-state index in [1.807, 2.05) is 13.0 Å². The summed E-state index contributed by atoms with van der Waals surface area (Å²) in [4.78, 5) is 24.8. The van der Waals surface area contributed by atoms with Crippen molar-refractivity contribution < 1.29 is 4.92 Å². The van der Waals surface area contributed by atoms with Crippen molar-refractivity contribution in [2.24, 2.45) is 0 Å². The number of nitrogens with zero attached hydrogens (tertiary/aromatic N) is 5. The minimum Gasteiger partial charge on any atom is -0.356 e. The summed E-state index contributed by atoms with van der Waals surface area (Å²) in [6, 6.07) is 9.88. The van der Waals surface area contributed by atoms with Crippen LogP contribution in [-0.2, 0) is 0 Å². The lowest BCUT2D eigenvalue weighted by Crippen LogP contribution is -2.46. The van der Waals surface area contributed by atoms with Gasteiger partial charge in [-0.15, -0.1) is 0 Å². The van der Waals surface area contributed by atoms with Crippen LogP contribution in [0.2, 0.25) is 0 Å². The van der Waals surface area contributed by atoms with Gasteiger partial charge in [0.1, 0.15) is 5.82 Å². The standard InChI is InChI=1S/C21H27N5O2/c1-15-14-20(23-21(22-15)17-5-7-19(8-6-17)26(27)28)24-12-9-18(10-13-24)25-11-3-4-16(25)2/h5-8,14,16,18H,3-4,9-13H2,1-2H3. The topological polar surface area (TPSA) is 75.4 Å². The van der Waals surface area contributed by atoms with E-state index in [1.54, 1.807) is 12.1 Å². The molecule has 0 radical (unpaired) electrons. The summed E-state index contributed by atoms with van der Waals surface area (Å²) < 4.78 is 0. The number of likely N-dealkylation sites (tertiary alicyclic amines) is 1. The Bertz CT molecular complexity index is 846. The van der Waals surface area contributed by atoms with Gasteiger partial charge in [0.15, 0.2) is 5.82 Å². The zero-order valence-corrected chi connectivity index (χ0v) is 16.5. The Hall–Kier alpha value is -2.54. The fourth-order valence-corrected chi connectivity index (χ4v) is 4.50. The summed E-state index contributed by atoms with van der Waals surface area (Å²) in [6.07, 6.45) is 4.98. The number of nitro groups is 1. The number of non-ortho nitro benzene ring substituents is 1. The summed E-state index contributed by atoms with van der Waals surface area (Å²) in [6.45, 7) is 7.57. The van der Waals surface area contributed by atoms with Gasteiger partial charge in [0.05, 0.1) is 4.92 Å². The van der Waals surface area contributed by atoms with Crippen LogP contribution in [0, 0.1) is 17.0 Å². The van der Waals surface area contributed by atoms with E-state index >= 15 is 0 Å². The average Bonchev–Trinajstić information content (AvgIpc) is 3.13. The van der Waals surface area contributed by atoms with E-state index in [4.69, 9.17) is 4.98 Å². The molecule has 1 aromatic heterocycles. The molecule has 0 N–H and O–H groups in total. The molecule has 4 rings (SSSR count).